The van der Waals surface area contributed by atoms with E-state index < -0.39 is 27.9 Å². The van der Waals surface area contributed by atoms with Gasteiger partial charge in [-0.25, -0.2) is 13.5 Å². The number of thioether (sulfide) groups is 1. The average molecular weight is 728 g/mol. The van der Waals surface area contributed by atoms with Gasteiger partial charge in [-0.15, -0.1) is 5.10 Å². The van der Waals surface area contributed by atoms with Crippen molar-refractivity contribution in [3.05, 3.63) is 53.1 Å². The second-order valence-corrected chi connectivity index (χ2v) is 12.5. The summed E-state index contributed by atoms with van der Waals surface area (Å²) in [5.41, 5.74) is 1.99. The van der Waals surface area contributed by atoms with Crippen molar-refractivity contribution in [3.8, 4) is 0 Å². The van der Waals surface area contributed by atoms with Gasteiger partial charge in [0.2, 0.25) is 5.91 Å². The Bertz CT molecular complexity index is 1780. The predicted molar refractivity (Wildman–Crippen MR) is 145 cm³/mol. The molecule has 6 rings (SSSR count). The maximum Gasteiger partial charge on any atom is 0.381 e. The van der Waals surface area contributed by atoms with Crippen LogP contribution in [-0.4, -0.2) is 90.7 Å². The molecule has 213 valence electrons. The van der Waals surface area contributed by atoms with E-state index in [0.717, 1.165) is 22.4 Å². The van der Waals surface area contributed by atoms with Gasteiger partial charge >= 0.3 is 11.0 Å². The minimum absolute atomic E-state index is 0. The first-order valence-corrected chi connectivity index (χ1v) is 14.7. The lowest BCUT2D eigenvalue weighted by molar-refractivity contribution is -0.138. The monoisotopic (exact) mass is 727 g/mol. The summed E-state index contributed by atoms with van der Waals surface area (Å²) in [6.45, 7) is 1.47. The number of hydrogen-bond acceptors (Lipinski definition) is 10. The quantitative estimate of drug-likeness (QED) is 0.185. The third kappa shape index (κ3) is 5.81. The minimum Gasteiger partial charge on any atom is -1.00 e. The van der Waals surface area contributed by atoms with E-state index in [1.165, 1.54) is 15.3 Å². The van der Waals surface area contributed by atoms with Gasteiger partial charge in [0.25, 0.3) is 15.7 Å². The van der Waals surface area contributed by atoms with Crippen molar-refractivity contribution < 1.29 is 42.0 Å². The Labute approximate surface area is 259 Å². The maximum absolute atomic E-state index is 13.6. The highest BCUT2D eigenvalue weighted by molar-refractivity contribution is 8.16. The van der Waals surface area contributed by atoms with Crippen molar-refractivity contribution in [1.29, 1.82) is 0 Å². The molecule has 0 bridgehead atoms. The molecule has 1 aromatic carbocycles. The Balaban J connectivity index is 0.00000337. The van der Waals surface area contributed by atoms with Crippen LogP contribution in [0.15, 0.2) is 46.5 Å². The largest absolute Gasteiger partial charge is 1.00 e. The normalized spacial score (nSPS) is 17.2. The third-order valence-corrected chi connectivity index (χ3v) is 9.51. The van der Waals surface area contributed by atoms with E-state index in [-0.39, 0.29) is 60.2 Å². The number of H-pyrrole nitrogens is 2. The topological polar surface area (TPSA) is 184 Å². The number of hydrogen-bond donors (Lipinski definition) is 3. The van der Waals surface area contributed by atoms with Crippen LogP contribution in [0.3, 0.4) is 0 Å². The van der Waals surface area contributed by atoms with Gasteiger partial charge in [-0.2, -0.15) is 4.31 Å². The Hall–Kier alpha value is -3.13. The first kappa shape index (κ1) is 29.4. The molecule has 0 aliphatic carbocycles. The van der Waals surface area contributed by atoms with E-state index >= 15 is 0 Å². The van der Waals surface area contributed by atoms with E-state index in [0.29, 0.717) is 27.4 Å². The summed E-state index contributed by atoms with van der Waals surface area (Å²) in [4.78, 5) is 40.7. The smallest absolute Gasteiger partial charge is 0.381 e. The van der Waals surface area contributed by atoms with Gasteiger partial charge < -0.3 is 39.2 Å². The molecule has 4 aromatic rings. The molecular weight excluding hydrogens is 707 g/mol. The number of nitrogens with zero attached hydrogens (tertiary/aromatic N) is 7. The standard InChI is InChI=1S/C23H21ClN10O4S2.HI/c1-12-6-16-18(9-25-12)39-22(28-16)23(36)34-5-4-33(11-17(34)21(35)26-10-19-29-31-32-30-19)40(37,38)20-8-13-7-14(24)2-3-15(13)27-20;/h2-3,6-9,17,27H,4-5,10-11H2,1H3,(H,26,35)(H,29,30,31,32);1H/q+1;/p-1. The molecular formula is C23H21ClIN10O4S2. The third-order valence-electron chi connectivity index (χ3n) is 6.50. The van der Waals surface area contributed by atoms with Gasteiger partial charge in [0.1, 0.15) is 16.0 Å². The molecule has 1 unspecified atom stereocenters. The number of aromatic nitrogens is 6. The van der Waals surface area contributed by atoms with Gasteiger partial charge in [0, 0.05) is 65.3 Å². The zero-order chi connectivity index (χ0) is 28.0. The van der Waals surface area contributed by atoms with Crippen LogP contribution in [-0.2, 0) is 26.2 Å². The summed E-state index contributed by atoms with van der Waals surface area (Å²) in [5.74, 6) is -0.735. The number of benzene rings is 1. The number of pyridine rings is 1. The summed E-state index contributed by atoms with van der Waals surface area (Å²) in [7, 11) is -4.04. The molecule has 3 aromatic heterocycles. The van der Waals surface area contributed by atoms with E-state index in [1.54, 1.807) is 30.5 Å². The van der Waals surface area contributed by atoms with Crippen LogP contribution in [0, 0.1) is 6.92 Å². The second kappa shape index (κ2) is 11.6. The number of nitrogens with one attached hydrogen (secondary N) is 3. The van der Waals surface area contributed by atoms with E-state index in [9.17, 15) is 18.0 Å². The fourth-order valence-corrected chi connectivity index (χ4v) is 6.99. The number of aliphatic imine (C=N–C) groups is 1. The van der Waals surface area contributed by atoms with Crippen molar-refractivity contribution in [2.75, 3.05) is 19.6 Å². The van der Waals surface area contributed by atoms with Crippen molar-refractivity contribution >= 4 is 66.8 Å². The van der Waals surface area contributed by atoms with Crippen molar-refractivity contribution in [2.24, 2.45) is 0 Å². The lowest BCUT2D eigenvalue weighted by Gasteiger charge is -2.38. The minimum atomic E-state index is -4.04. The molecule has 1 radical (unpaired) electrons. The fraction of sp³-hybridized carbons (Fsp3) is 0.261. The van der Waals surface area contributed by atoms with E-state index in [1.807, 2.05) is 6.92 Å². The molecule has 18 heteroatoms. The molecule has 0 saturated carbocycles. The van der Waals surface area contributed by atoms with Crippen LogP contribution >= 0.6 is 23.4 Å². The first-order valence-electron chi connectivity index (χ1n) is 12.0. The zero-order valence-electron chi connectivity index (χ0n) is 21.2. The molecule has 14 nitrogen and oxygen atoms in total. The van der Waals surface area contributed by atoms with Crippen molar-refractivity contribution in [1.82, 2.24) is 50.1 Å². The molecule has 41 heavy (non-hydrogen) atoms. The second-order valence-electron chi connectivity index (χ2n) is 9.12. The number of piperazine rings is 1. The molecule has 2 amide bonds. The first-order chi connectivity index (χ1) is 19.2. The van der Waals surface area contributed by atoms with Crippen molar-refractivity contribution in [2.45, 2.75) is 29.4 Å². The number of fused-ring (bicyclic) bond motifs is 2. The highest BCUT2D eigenvalue weighted by Gasteiger charge is 2.45. The molecule has 5 heterocycles. The summed E-state index contributed by atoms with van der Waals surface area (Å²) >= 11 is 7.23. The van der Waals surface area contributed by atoms with Gasteiger partial charge in [0.15, 0.2) is 5.82 Å². The Kier molecular flexibility index (Phi) is 8.33. The molecule has 1 atom stereocenters. The van der Waals surface area contributed by atoms with Gasteiger partial charge in [0.05, 0.1) is 11.5 Å². The number of aryl methyl sites for hydroxylation is 1. The molecule has 2 aliphatic heterocycles. The Morgan fingerprint density at radius 3 is 2.85 bits per heavy atom. The molecule has 1 fully saturated rings. The Morgan fingerprint density at radius 1 is 1.24 bits per heavy atom. The van der Waals surface area contributed by atoms with Gasteiger partial charge in [-0.3, -0.25) is 14.6 Å². The van der Waals surface area contributed by atoms with Crippen LogP contribution in [0.1, 0.15) is 11.5 Å². The number of halogens is 2. The highest BCUT2D eigenvalue weighted by Crippen LogP contribution is 2.34. The van der Waals surface area contributed by atoms with Crippen LogP contribution in [0.5, 0.6) is 0 Å². The predicted octanol–water partition coefficient (Wildman–Crippen LogP) is -2.27. The summed E-state index contributed by atoms with van der Waals surface area (Å²) in [6.07, 6.45) is 1.65. The summed E-state index contributed by atoms with van der Waals surface area (Å²) < 4.78 is 28.4. The van der Waals surface area contributed by atoms with E-state index in [4.69, 9.17) is 11.6 Å². The van der Waals surface area contributed by atoms with Crippen LogP contribution in [0.25, 0.3) is 10.9 Å². The van der Waals surface area contributed by atoms with Gasteiger partial charge in [-0.05, 0) is 41.6 Å². The maximum atomic E-state index is 13.6. The lowest BCUT2D eigenvalue weighted by atomic mass is 10.1. The highest BCUT2D eigenvalue weighted by atomic mass is 127. The molecule has 1 saturated heterocycles. The number of rotatable bonds is 6. The number of carbonyl (C=O) groups excluding carboxylic acids is 2. The molecule has 2 aliphatic rings. The number of amides is 2. The van der Waals surface area contributed by atoms with Gasteiger partial charge in [-0.1, -0.05) is 11.6 Å². The summed E-state index contributed by atoms with van der Waals surface area (Å²) in [6, 6.07) is 7.14. The summed E-state index contributed by atoms with van der Waals surface area (Å²) in [5, 5.41) is 17.2. The number of carbonyl (C=O) groups is 2. The average Bonchev–Trinajstić information content (AvgIpc) is 3.70. The molecule has 3 N–H and O–H groups in total. The number of aromatic amines is 2. The van der Waals surface area contributed by atoms with Crippen LogP contribution in [0.2, 0.25) is 5.02 Å². The Morgan fingerprint density at radius 2 is 2.07 bits per heavy atom. The van der Waals surface area contributed by atoms with Crippen molar-refractivity contribution in [3.63, 3.8) is 0 Å². The zero-order valence-corrected chi connectivity index (χ0v) is 25.8. The number of sulfonamides is 1. The van der Waals surface area contributed by atoms with Crippen LogP contribution in [0.4, 0.5) is 5.69 Å². The number of tetrazole rings is 1. The SMILES string of the molecule is Cc1cc2c(cn1)SC(C(=O)N1CCN(S(=O)(=O)c3cc4cc(Cl)ccc4[nH]3)CC1C(=O)NCc1nnn[nH]1)=[N+]2.[I-]. The van der Waals surface area contributed by atoms with E-state index in [2.05, 4.69) is 40.9 Å². The van der Waals surface area contributed by atoms with Crippen LogP contribution < -0.4 is 34.3 Å². The lowest BCUT2D eigenvalue weighted by Crippen LogP contribution is -3.00. The molecule has 0 spiro atoms. The fourth-order valence-electron chi connectivity index (χ4n) is 4.49.